The van der Waals surface area contributed by atoms with Crippen molar-refractivity contribution >= 4 is 21.4 Å². The van der Waals surface area contributed by atoms with Gasteiger partial charge in [0.15, 0.2) is 5.69 Å². The Morgan fingerprint density at radius 3 is 2.19 bits per heavy atom. The molecule has 0 amide bonds. The Balaban J connectivity index is 2.65. The zero-order valence-electron chi connectivity index (χ0n) is 13.2. The second kappa shape index (κ2) is 6.82. The molecule has 0 spiro atoms. The number of sulfone groups is 1. The lowest BCUT2D eigenvalue weighted by Gasteiger charge is -2.14. The summed E-state index contributed by atoms with van der Waals surface area (Å²) in [6.45, 7) is 0. The number of H-pyrrole nitrogens is 1. The molecule has 148 valence electrons. The van der Waals surface area contributed by atoms with E-state index in [2.05, 4.69) is 4.98 Å². The maximum atomic E-state index is 13.2. The van der Waals surface area contributed by atoms with Crippen LogP contribution in [0.15, 0.2) is 28.2 Å². The Labute approximate surface area is 152 Å². The fourth-order valence-electron chi connectivity index (χ4n) is 2.15. The van der Waals surface area contributed by atoms with Crippen LogP contribution in [0.4, 0.5) is 26.3 Å². The van der Waals surface area contributed by atoms with Crippen LogP contribution in [0.5, 0.6) is 0 Å². The molecule has 1 heterocycles. The van der Waals surface area contributed by atoms with Crippen molar-refractivity contribution in [1.29, 1.82) is 0 Å². The smallest absolute Gasteiger partial charge is 0.297 e. The molecule has 0 atom stereocenters. The van der Waals surface area contributed by atoms with Crippen LogP contribution in [-0.2, 0) is 28.6 Å². The van der Waals surface area contributed by atoms with Crippen LogP contribution in [0.3, 0.4) is 0 Å². The molecule has 0 aliphatic carbocycles. The SMILES string of the molecule is CS(=O)(=O)c1nc(C(F)(F)F)c(Cc2ccc(Cl)c(C(F)(F)F)c2)c(=O)[nH]1. The van der Waals surface area contributed by atoms with Crippen molar-refractivity contribution in [3.05, 3.63) is 56.0 Å². The lowest BCUT2D eigenvalue weighted by Crippen LogP contribution is -2.26. The van der Waals surface area contributed by atoms with E-state index in [1.807, 2.05) is 0 Å². The molecule has 1 aromatic heterocycles. The number of halogens is 7. The van der Waals surface area contributed by atoms with E-state index in [-0.39, 0.29) is 5.56 Å². The lowest BCUT2D eigenvalue weighted by atomic mass is 10.0. The molecule has 2 rings (SSSR count). The summed E-state index contributed by atoms with van der Waals surface area (Å²) in [4.78, 5) is 16.6. The van der Waals surface area contributed by atoms with E-state index >= 15 is 0 Å². The highest BCUT2D eigenvalue weighted by Crippen LogP contribution is 2.36. The molecule has 27 heavy (non-hydrogen) atoms. The summed E-state index contributed by atoms with van der Waals surface area (Å²) in [5.41, 5.74) is -5.83. The zero-order valence-corrected chi connectivity index (χ0v) is 14.7. The first-order chi connectivity index (χ1) is 12.1. The Morgan fingerprint density at radius 2 is 1.70 bits per heavy atom. The molecule has 2 aromatic rings. The number of benzene rings is 1. The van der Waals surface area contributed by atoms with Gasteiger partial charge in [-0.2, -0.15) is 26.3 Å². The molecule has 0 fully saturated rings. The number of aromatic amines is 1. The summed E-state index contributed by atoms with van der Waals surface area (Å²) in [6.07, 6.45) is -10.4. The van der Waals surface area contributed by atoms with Crippen LogP contribution >= 0.6 is 11.6 Å². The maximum absolute atomic E-state index is 13.2. The van der Waals surface area contributed by atoms with Crippen molar-refractivity contribution in [1.82, 2.24) is 9.97 Å². The summed E-state index contributed by atoms with van der Waals surface area (Å²) < 4.78 is 101. The highest BCUT2D eigenvalue weighted by Gasteiger charge is 2.38. The molecule has 0 aliphatic rings. The predicted octanol–water partition coefficient (Wildman–Crippen LogP) is 3.46. The number of nitrogens with one attached hydrogen (secondary N) is 1. The van der Waals surface area contributed by atoms with Crippen molar-refractivity contribution in [2.24, 2.45) is 0 Å². The summed E-state index contributed by atoms with van der Waals surface area (Å²) in [5.74, 6) is 0. The van der Waals surface area contributed by atoms with Crippen molar-refractivity contribution in [2.75, 3.05) is 6.26 Å². The molecule has 0 aliphatic heterocycles. The topological polar surface area (TPSA) is 79.9 Å². The average Bonchev–Trinajstić information content (AvgIpc) is 2.47. The average molecular weight is 435 g/mol. The summed E-state index contributed by atoms with van der Waals surface area (Å²) in [6, 6.07) is 2.35. The van der Waals surface area contributed by atoms with Gasteiger partial charge in [-0.15, -0.1) is 0 Å². The number of hydrogen-bond acceptors (Lipinski definition) is 4. The minimum absolute atomic E-state index is 0.295. The molecule has 5 nitrogen and oxygen atoms in total. The molecule has 1 N–H and O–H groups in total. The largest absolute Gasteiger partial charge is 0.433 e. The van der Waals surface area contributed by atoms with Gasteiger partial charge in [0.25, 0.3) is 5.56 Å². The molecular weight excluding hydrogens is 426 g/mol. The molecule has 0 radical (unpaired) electrons. The van der Waals surface area contributed by atoms with Crippen molar-refractivity contribution in [3.63, 3.8) is 0 Å². The number of hydrogen-bond donors (Lipinski definition) is 1. The number of rotatable bonds is 3. The second-order valence-corrected chi connectivity index (χ2v) is 7.80. The Bertz CT molecular complexity index is 1040. The third kappa shape index (κ3) is 4.80. The second-order valence-electron chi connectivity index (χ2n) is 5.46. The summed E-state index contributed by atoms with van der Waals surface area (Å²) in [7, 11) is -4.26. The van der Waals surface area contributed by atoms with Crippen LogP contribution in [0, 0.1) is 0 Å². The predicted molar refractivity (Wildman–Crippen MR) is 82.2 cm³/mol. The highest BCUT2D eigenvalue weighted by molar-refractivity contribution is 7.90. The monoisotopic (exact) mass is 434 g/mol. The third-order valence-corrected chi connectivity index (χ3v) is 4.56. The first kappa shape index (κ1) is 21.2. The van der Waals surface area contributed by atoms with Crippen molar-refractivity contribution in [2.45, 2.75) is 23.9 Å². The van der Waals surface area contributed by atoms with Gasteiger partial charge in [0.1, 0.15) is 0 Å². The first-order valence-corrected chi connectivity index (χ1v) is 9.13. The molecule has 0 bridgehead atoms. The van der Waals surface area contributed by atoms with E-state index < -0.39 is 61.2 Å². The number of alkyl halides is 6. The van der Waals surface area contributed by atoms with Gasteiger partial charge >= 0.3 is 12.4 Å². The van der Waals surface area contributed by atoms with Crippen LogP contribution in [-0.4, -0.2) is 24.6 Å². The third-order valence-electron chi connectivity index (χ3n) is 3.33. The van der Waals surface area contributed by atoms with Crippen LogP contribution < -0.4 is 5.56 Å². The van der Waals surface area contributed by atoms with Gasteiger partial charge in [-0.1, -0.05) is 17.7 Å². The standard InChI is InChI=1S/C14H9ClF6N2O3S/c1-27(25,26)12-22-10(14(19,20)21)7(11(24)23-12)4-6-2-3-9(15)8(5-6)13(16,17)18/h2-3,5H,4H2,1H3,(H,22,23,24). The molecule has 0 saturated carbocycles. The lowest BCUT2D eigenvalue weighted by molar-refractivity contribution is -0.142. The number of nitrogens with zero attached hydrogens (tertiary/aromatic N) is 1. The van der Waals surface area contributed by atoms with E-state index in [0.29, 0.717) is 12.3 Å². The number of aromatic nitrogens is 2. The molecule has 0 unspecified atom stereocenters. The maximum Gasteiger partial charge on any atom is 0.433 e. The minimum atomic E-state index is -5.21. The van der Waals surface area contributed by atoms with Crippen LogP contribution in [0.2, 0.25) is 5.02 Å². The van der Waals surface area contributed by atoms with Crippen molar-refractivity contribution < 1.29 is 34.8 Å². The Hall–Kier alpha value is -2.08. The van der Waals surface area contributed by atoms with E-state index in [4.69, 9.17) is 11.6 Å². The van der Waals surface area contributed by atoms with Gasteiger partial charge in [0.2, 0.25) is 15.0 Å². The fraction of sp³-hybridized carbons (Fsp3) is 0.286. The van der Waals surface area contributed by atoms with Gasteiger partial charge in [0, 0.05) is 12.7 Å². The van der Waals surface area contributed by atoms with E-state index in [9.17, 15) is 39.6 Å². The van der Waals surface area contributed by atoms with Gasteiger partial charge in [-0.25, -0.2) is 13.4 Å². The van der Waals surface area contributed by atoms with Gasteiger partial charge < -0.3 is 0 Å². The summed E-state index contributed by atoms with van der Waals surface area (Å²) >= 11 is 5.44. The normalized spacial score (nSPS) is 13.0. The van der Waals surface area contributed by atoms with Gasteiger partial charge in [-0.3, -0.25) is 9.78 Å². The van der Waals surface area contributed by atoms with Gasteiger partial charge in [-0.05, 0) is 17.7 Å². The van der Waals surface area contributed by atoms with E-state index in [1.54, 1.807) is 4.98 Å². The fourth-order valence-corrected chi connectivity index (χ4v) is 2.91. The first-order valence-electron chi connectivity index (χ1n) is 6.87. The molecule has 0 saturated heterocycles. The zero-order chi connectivity index (χ0) is 20.8. The van der Waals surface area contributed by atoms with Crippen LogP contribution in [0.25, 0.3) is 0 Å². The highest BCUT2D eigenvalue weighted by atomic mass is 35.5. The molecule has 13 heteroatoms. The quantitative estimate of drug-likeness (QED) is 0.592. The van der Waals surface area contributed by atoms with Crippen LogP contribution in [0.1, 0.15) is 22.4 Å². The van der Waals surface area contributed by atoms with Gasteiger partial charge in [0.05, 0.1) is 16.1 Å². The Morgan fingerprint density at radius 1 is 1.11 bits per heavy atom. The van der Waals surface area contributed by atoms with E-state index in [1.165, 1.54) is 0 Å². The molecular formula is C14H9ClF6N2O3S. The Kier molecular flexibility index (Phi) is 5.36. The van der Waals surface area contributed by atoms with Crippen molar-refractivity contribution in [3.8, 4) is 0 Å². The summed E-state index contributed by atoms with van der Waals surface area (Å²) in [5, 5.41) is -1.86. The minimum Gasteiger partial charge on any atom is -0.297 e. The van der Waals surface area contributed by atoms with E-state index in [0.717, 1.165) is 12.1 Å². The molecule has 1 aromatic carbocycles.